The first-order valence-corrected chi connectivity index (χ1v) is 15.6. The van der Waals surface area contributed by atoms with E-state index in [-0.39, 0.29) is 39.8 Å². The molecule has 16 heteroatoms. The predicted octanol–water partition coefficient (Wildman–Crippen LogP) is 6.00. The van der Waals surface area contributed by atoms with Gasteiger partial charge < -0.3 is 15.4 Å². The van der Waals surface area contributed by atoms with E-state index in [4.69, 9.17) is 21.7 Å². The quantitative estimate of drug-likeness (QED) is 0.129. The van der Waals surface area contributed by atoms with Gasteiger partial charge in [-0.15, -0.1) is 0 Å². The van der Waals surface area contributed by atoms with Crippen molar-refractivity contribution in [2.75, 3.05) is 13.2 Å². The van der Waals surface area contributed by atoms with Crippen LogP contribution in [0.2, 0.25) is 5.02 Å². The van der Waals surface area contributed by atoms with E-state index in [1.807, 2.05) is 6.92 Å². The summed E-state index contributed by atoms with van der Waals surface area (Å²) in [5, 5.41) is 23.1. The Hall–Kier alpha value is -4.92. The SMILES string of the molecule is CC(C)(C)CCNC(=N)N(C(=O)c1ccc(-c2cnn(C(F)F)c2)cc1)[C@H](COC(=O)NC1(C)CC1)c1cc(-n2cncn2)c(Cl)cn1. The molecule has 0 radical (unpaired) electrons. The number of alkyl halides is 2. The maximum atomic E-state index is 14.4. The third kappa shape index (κ3) is 8.51. The summed E-state index contributed by atoms with van der Waals surface area (Å²) in [6, 6.07) is 6.77. The van der Waals surface area contributed by atoms with Crippen molar-refractivity contribution < 1.29 is 23.1 Å². The second kappa shape index (κ2) is 14.1. The molecule has 3 N–H and O–H groups in total. The van der Waals surface area contributed by atoms with Crippen molar-refractivity contribution >= 4 is 29.6 Å². The standard InChI is InChI=1S/C32H37ClF2N10O3/c1-31(2,3)11-12-38-29(36)45(27(46)21-7-5-20(6-8-21)22-14-40-43(16-22)28(34)35)26(17-48-30(47)42-32(4)9-10-32)24-13-25(23(33)15-39-24)44-19-37-18-41-44/h5-8,13-16,18-19,26,28H,9-12,17H2,1-4H3,(H2,36,38)(H,42,47)/t26-/m1/s1. The van der Waals surface area contributed by atoms with Crippen LogP contribution in [0.4, 0.5) is 13.6 Å². The molecule has 3 aromatic heterocycles. The van der Waals surface area contributed by atoms with Gasteiger partial charge >= 0.3 is 12.6 Å². The van der Waals surface area contributed by atoms with Crippen molar-refractivity contribution in [1.82, 2.24) is 45.1 Å². The number of pyridine rings is 1. The number of benzene rings is 1. The summed E-state index contributed by atoms with van der Waals surface area (Å²) in [6.07, 6.45) is 8.35. The Bertz CT molecular complexity index is 1750. The number of rotatable bonds is 11. The third-order valence-electron chi connectivity index (χ3n) is 7.84. The molecule has 0 unspecified atom stereocenters. The fourth-order valence-electron chi connectivity index (χ4n) is 4.75. The van der Waals surface area contributed by atoms with Crippen LogP contribution < -0.4 is 10.6 Å². The number of ether oxygens (including phenoxy) is 1. The maximum Gasteiger partial charge on any atom is 0.407 e. The Morgan fingerprint density at radius 2 is 1.88 bits per heavy atom. The molecule has 0 saturated heterocycles. The maximum absolute atomic E-state index is 14.4. The molecule has 3 heterocycles. The molecule has 4 aromatic rings. The van der Waals surface area contributed by atoms with Crippen molar-refractivity contribution in [3.63, 3.8) is 0 Å². The van der Waals surface area contributed by atoms with Crippen LogP contribution in [0.15, 0.2) is 61.6 Å². The Morgan fingerprint density at radius 1 is 1.15 bits per heavy atom. The molecule has 2 amide bonds. The minimum Gasteiger partial charge on any atom is -0.447 e. The van der Waals surface area contributed by atoms with E-state index in [0.717, 1.165) is 12.8 Å². The molecular formula is C32H37ClF2N10O3. The first-order chi connectivity index (χ1) is 22.7. The van der Waals surface area contributed by atoms with E-state index in [1.54, 1.807) is 18.2 Å². The average molecular weight is 683 g/mol. The Labute approximate surface area is 281 Å². The van der Waals surface area contributed by atoms with Crippen LogP contribution in [0.5, 0.6) is 0 Å². The molecule has 5 rings (SSSR count). The number of guanidine groups is 1. The number of amides is 2. The molecule has 1 aliphatic rings. The summed E-state index contributed by atoms with van der Waals surface area (Å²) in [6.45, 7) is 5.33. The van der Waals surface area contributed by atoms with Gasteiger partial charge in [0.25, 0.3) is 5.91 Å². The lowest BCUT2D eigenvalue weighted by Gasteiger charge is -2.32. The zero-order valence-corrected chi connectivity index (χ0v) is 27.7. The third-order valence-corrected chi connectivity index (χ3v) is 8.14. The van der Waals surface area contributed by atoms with Crippen molar-refractivity contribution in [1.29, 1.82) is 5.41 Å². The fourth-order valence-corrected chi connectivity index (χ4v) is 4.94. The lowest BCUT2D eigenvalue weighted by Crippen LogP contribution is -2.49. The largest absolute Gasteiger partial charge is 0.447 e. The van der Waals surface area contributed by atoms with E-state index in [2.05, 4.69) is 51.6 Å². The zero-order chi connectivity index (χ0) is 34.6. The summed E-state index contributed by atoms with van der Waals surface area (Å²) >= 11 is 6.47. The second-order valence-corrected chi connectivity index (χ2v) is 13.4. The second-order valence-electron chi connectivity index (χ2n) is 13.0. The first-order valence-electron chi connectivity index (χ1n) is 15.3. The number of nitrogens with zero attached hydrogens (tertiary/aromatic N) is 7. The van der Waals surface area contributed by atoms with Crippen molar-refractivity contribution in [3.8, 4) is 16.8 Å². The van der Waals surface area contributed by atoms with Gasteiger partial charge in [-0.3, -0.25) is 20.1 Å². The number of alkyl carbamates (subject to hydrolysis) is 1. The lowest BCUT2D eigenvalue weighted by atomic mass is 9.92. The molecule has 1 aliphatic carbocycles. The minimum atomic E-state index is -2.79. The van der Waals surface area contributed by atoms with Crippen molar-refractivity contribution in [2.24, 2.45) is 5.41 Å². The molecule has 1 saturated carbocycles. The van der Waals surface area contributed by atoms with Gasteiger partial charge in [-0.1, -0.05) is 44.5 Å². The summed E-state index contributed by atoms with van der Waals surface area (Å²) < 4.78 is 33.8. The monoisotopic (exact) mass is 682 g/mol. The molecule has 1 fully saturated rings. The van der Waals surface area contributed by atoms with Gasteiger partial charge in [-0.2, -0.15) is 19.0 Å². The highest BCUT2D eigenvalue weighted by atomic mass is 35.5. The van der Waals surface area contributed by atoms with Crippen LogP contribution in [-0.4, -0.2) is 71.1 Å². The smallest absolute Gasteiger partial charge is 0.407 e. The number of halogens is 3. The van der Waals surface area contributed by atoms with Crippen LogP contribution in [0.3, 0.4) is 0 Å². The predicted molar refractivity (Wildman–Crippen MR) is 174 cm³/mol. The molecule has 1 atom stereocenters. The lowest BCUT2D eigenvalue weighted by molar-refractivity contribution is 0.0566. The number of hydrogen-bond donors (Lipinski definition) is 3. The molecular weight excluding hydrogens is 646 g/mol. The average Bonchev–Trinajstić information content (AvgIpc) is 3.42. The highest BCUT2D eigenvalue weighted by Gasteiger charge is 2.40. The van der Waals surface area contributed by atoms with Gasteiger partial charge in [0.1, 0.15) is 25.3 Å². The van der Waals surface area contributed by atoms with E-state index >= 15 is 0 Å². The zero-order valence-electron chi connectivity index (χ0n) is 27.0. The Morgan fingerprint density at radius 3 is 2.48 bits per heavy atom. The molecule has 0 bridgehead atoms. The van der Waals surface area contributed by atoms with Crippen LogP contribution in [-0.2, 0) is 4.74 Å². The van der Waals surface area contributed by atoms with Gasteiger partial charge in [0, 0.05) is 35.6 Å². The molecule has 0 aliphatic heterocycles. The Balaban J connectivity index is 1.51. The van der Waals surface area contributed by atoms with E-state index < -0.39 is 24.6 Å². The number of aromatic nitrogens is 6. The molecule has 0 spiro atoms. The van der Waals surface area contributed by atoms with Crippen LogP contribution in [0.1, 0.15) is 75.6 Å². The molecule has 48 heavy (non-hydrogen) atoms. The van der Waals surface area contributed by atoms with E-state index in [9.17, 15) is 18.4 Å². The molecule has 1 aromatic carbocycles. The van der Waals surface area contributed by atoms with Crippen molar-refractivity contribution in [2.45, 2.75) is 65.1 Å². The fraction of sp³-hybridized carbons (Fsp3) is 0.406. The van der Waals surface area contributed by atoms with Crippen LogP contribution in [0.25, 0.3) is 16.8 Å². The summed E-state index contributed by atoms with van der Waals surface area (Å²) in [5.74, 6) is -0.839. The number of nitrogens with one attached hydrogen (secondary N) is 3. The van der Waals surface area contributed by atoms with Gasteiger partial charge in [0.05, 0.1) is 22.6 Å². The molecule has 254 valence electrons. The van der Waals surface area contributed by atoms with Crippen LogP contribution in [0, 0.1) is 10.8 Å². The summed E-state index contributed by atoms with van der Waals surface area (Å²) in [7, 11) is 0. The highest BCUT2D eigenvalue weighted by Crippen LogP contribution is 2.34. The van der Waals surface area contributed by atoms with Crippen LogP contribution >= 0.6 is 11.6 Å². The van der Waals surface area contributed by atoms with Gasteiger partial charge in [-0.05, 0) is 55.4 Å². The van der Waals surface area contributed by atoms with Crippen molar-refractivity contribution in [3.05, 3.63) is 77.9 Å². The summed E-state index contributed by atoms with van der Waals surface area (Å²) in [5.41, 5.74) is 1.46. The normalized spacial score (nSPS) is 14.3. The molecule has 13 nitrogen and oxygen atoms in total. The van der Waals surface area contributed by atoms with E-state index in [1.165, 1.54) is 53.0 Å². The first kappa shape index (κ1) is 34.4. The number of carbonyl (C=O) groups is 2. The number of hydrogen-bond acceptors (Lipinski definition) is 8. The number of carbonyl (C=O) groups excluding carboxylic acids is 2. The van der Waals surface area contributed by atoms with E-state index in [0.29, 0.717) is 34.5 Å². The highest BCUT2D eigenvalue weighted by molar-refractivity contribution is 6.32. The summed E-state index contributed by atoms with van der Waals surface area (Å²) in [4.78, 5) is 36.9. The minimum absolute atomic E-state index is 0.0555. The van der Waals surface area contributed by atoms with Gasteiger partial charge in [0.2, 0.25) is 0 Å². The Kier molecular flexibility index (Phi) is 10.1. The van der Waals surface area contributed by atoms with Gasteiger partial charge in [0.15, 0.2) is 5.96 Å². The van der Waals surface area contributed by atoms with Gasteiger partial charge in [-0.25, -0.2) is 19.1 Å². The topological polar surface area (TPSA) is 156 Å².